The summed E-state index contributed by atoms with van der Waals surface area (Å²) in [6, 6.07) is 5.53. The molecule has 3 aromatic rings. The molecule has 21 heavy (non-hydrogen) atoms. The highest BCUT2D eigenvalue weighted by molar-refractivity contribution is 7.21. The third kappa shape index (κ3) is 2.55. The van der Waals surface area contributed by atoms with E-state index in [1.54, 1.807) is 36.6 Å². The standard InChI is InChI=1S/C14H13N5OS/c1-19(8-9-2-5-16-6-3-9)14(20)12-11(15)10-4-7-17-18-13(10)21-12/h2-7H,8,15H2,1H3. The van der Waals surface area contributed by atoms with Crippen LogP contribution in [0.3, 0.4) is 0 Å². The van der Waals surface area contributed by atoms with Crippen molar-refractivity contribution < 1.29 is 4.79 Å². The molecule has 0 saturated carbocycles. The molecule has 106 valence electrons. The lowest BCUT2D eigenvalue weighted by atomic mass is 10.2. The van der Waals surface area contributed by atoms with Crippen LogP contribution in [0.4, 0.5) is 5.69 Å². The molecule has 0 aliphatic rings. The molecule has 0 radical (unpaired) electrons. The fraction of sp³-hybridized carbons (Fsp3) is 0.143. The first-order valence-electron chi connectivity index (χ1n) is 6.31. The van der Waals surface area contributed by atoms with E-state index in [0.29, 0.717) is 21.9 Å². The average Bonchev–Trinajstić information content (AvgIpc) is 2.85. The summed E-state index contributed by atoms with van der Waals surface area (Å²) < 4.78 is 0. The van der Waals surface area contributed by atoms with Crippen molar-refractivity contribution in [2.75, 3.05) is 12.8 Å². The Morgan fingerprint density at radius 2 is 2.05 bits per heavy atom. The number of hydrogen-bond donors (Lipinski definition) is 1. The molecule has 3 rings (SSSR count). The van der Waals surface area contributed by atoms with Crippen molar-refractivity contribution in [2.24, 2.45) is 0 Å². The summed E-state index contributed by atoms with van der Waals surface area (Å²) in [6.07, 6.45) is 4.98. The smallest absolute Gasteiger partial charge is 0.266 e. The Morgan fingerprint density at radius 3 is 2.76 bits per heavy atom. The number of rotatable bonds is 3. The lowest BCUT2D eigenvalue weighted by Gasteiger charge is -2.16. The van der Waals surface area contributed by atoms with Gasteiger partial charge in [0.05, 0.1) is 11.9 Å². The van der Waals surface area contributed by atoms with E-state index >= 15 is 0 Å². The molecule has 0 aliphatic carbocycles. The largest absolute Gasteiger partial charge is 0.397 e. The lowest BCUT2D eigenvalue weighted by Crippen LogP contribution is -2.26. The summed E-state index contributed by atoms with van der Waals surface area (Å²) in [4.78, 5) is 19.3. The van der Waals surface area contributed by atoms with Gasteiger partial charge in [-0.3, -0.25) is 9.78 Å². The number of pyridine rings is 1. The van der Waals surface area contributed by atoms with Crippen LogP contribution in [-0.2, 0) is 6.54 Å². The summed E-state index contributed by atoms with van der Waals surface area (Å²) >= 11 is 1.27. The van der Waals surface area contributed by atoms with Crippen LogP contribution in [0, 0.1) is 0 Å². The monoisotopic (exact) mass is 299 g/mol. The second kappa shape index (κ2) is 5.45. The molecular weight excluding hydrogens is 286 g/mol. The van der Waals surface area contributed by atoms with Crippen molar-refractivity contribution in [3.05, 3.63) is 47.2 Å². The third-order valence-electron chi connectivity index (χ3n) is 3.13. The molecule has 3 heterocycles. The molecule has 0 unspecified atom stereocenters. The van der Waals surface area contributed by atoms with Gasteiger partial charge in [0.15, 0.2) is 0 Å². The van der Waals surface area contributed by atoms with E-state index in [2.05, 4.69) is 15.2 Å². The van der Waals surface area contributed by atoms with Gasteiger partial charge in [-0.05, 0) is 23.8 Å². The highest BCUT2D eigenvalue weighted by Gasteiger charge is 2.20. The minimum Gasteiger partial charge on any atom is -0.397 e. The number of nitrogens with zero attached hydrogens (tertiary/aromatic N) is 4. The topological polar surface area (TPSA) is 85.0 Å². The molecule has 0 atom stereocenters. The zero-order valence-corrected chi connectivity index (χ0v) is 12.2. The number of carbonyl (C=O) groups is 1. The number of thiophene rings is 1. The van der Waals surface area contributed by atoms with Crippen molar-refractivity contribution in [3.63, 3.8) is 0 Å². The minimum absolute atomic E-state index is 0.118. The molecule has 0 aromatic carbocycles. The summed E-state index contributed by atoms with van der Waals surface area (Å²) in [6.45, 7) is 0.501. The molecule has 2 N–H and O–H groups in total. The average molecular weight is 299 g/mol. The van der Waals surface area contributed by atoms with Crippen LogP contribution in [0.2, 0.25) is 0 Å². The number of hydrogen-bond acceptors (Lipinski definition) is 6. The Hall–Kier alpha value is -2.54. The number of amides is 1. The van der Waals surface area contributed by atoms with E-state index in [9.17, 15) is 4.79 Å². The van der Waals surface area contributed by atoms with Gasteiger partial charge in [0.1, 0.15) is 9.71 Å². The third-order valence-corrected chi connectivity index (χ3v) is 4.22. The van der Waals surface area contributed by atoms with E-state index in [1.807, 2.05) is 12.1 Å². The normalized spacial score (nSPS) is 10.7. The zero-order valence-electron chi connectivity index (χ0n) is 11.4. The van der Waals surface area contributed by atoms with Gasteiger partial charge in [-0.15, -0.1) is 16.4 Å². The minimum atomic E-state index is -0.118. The quantitative estimate of drug-likeness (QED) is 0.799. The van der Waals surface area contributed by atoms with E-state index in [0.717, 1.165) is 10.9 Å². The molecule has 0 spiro atoms. The van der Waals surface area contributed by atoms with E-state index in [1.165, 1.54) is 11.3 Å². The molecule has 0 fully saturated rings. The first kappa shape index (κ1) is 13.4. The number of anilines is 1. The van der Waals surface area contributed by atoms with E-state index < -0.39 is 0 Å². The SMILES string of the molecule is CN(Cc1ccncc1)C(=O)c1sc2nnccc2c1N. The van der Waals surface area contributed by atoms with Crippen LogP contribution < -0.4 is 5.73 Å². The zero-order chi connectivity index (χ0) is 14.8. The predicted molar refractivity (Wildman–Crippen MR) is 81.9 cm³/mol. The molecule has 6 nitrogen and oxygen atoms in total. The molecular formula is C14H13N5OS. The molecule has 0 bridgehead atoms. The summed E-state index contributed by atoms with van der Waals surface area (Å²) in [7, 11) is 1.75. The molecule has 0 aliphatic heterocycles. The van der Waals surface area contributed by atoms with Gasteiger partial charge in [0.2, 0.25) is 0 Å². The highest BCUT2D eigenvalue weighted by Crippen LogP contribution is 2.32. The Labute approximate surface area is 125 Å². The van der Waals surface area contributed by atoms with Gasteiger partial charge in [0.25, 0.3) is 5.91 Å². The van der Waals surface area contributed by atoms with Crippen molar-refractivity contribution in [3.8, 4) is 0 Å². The maximum Gasteiger partial charge on any atom is 0.266 e. The Bertz CT molecular complexity index is 786. The van der Waals surface area contributed by atoms with Gasteiger partial charge in [-0.25, -0.2) is 0 Å². The summed E-state index contributed by atoms with van der Waals surface area (Å²) in [5.74, 6) is -0.118. The summed E-state index contributed by atoms with van der Waals surface area (Å²) in [5.41, 5.74) is 7.54. The van der Waals surface area contributed by atoms with Crippen molar-refractivity contribution in [1.29, 1.82) is 0 Å². The number of nitrogen functional groups attached to an aromatic ring is 1. The van der Waals surface area contributed by atoms with Gasteiger partial charge >= 0.3 is 0 Å². The molecule has 3 aromatic heterocycles. The number of nitrogens with two attached hydrogens (primary N) is 1. The second-order valence-corrected chi connectivity index (χ2v) is 5.61. The van der Waals surface area contributed by atoms with Crippen molar-refractivity contribution in [1.82, 2.24) is 20.1 Å². The Balaban J connectivity index is 1.88. The van der Waals surface area contributed by atoms with Crippen LogP contribution in [0.1, 0.15) is 15.2 Å². The van der Waals surface area contributed by atoms with Gasteiger partial charge in [0, 0.05) is 31.4 Å². The van der Waals surface area contributed by atoms with Gasteiger partial charge in [-0.1, -0.05) is 0 Å². The second-order valence-electron chi connectivity index (χ2n) is 4.61. The number of aromatic nitrogens is 3. The maximum absolute atomic E-state index is 12.5. The maximum atomic E-state index is 12.5. The van der Waals surface area contributed by atoms with Gasteiger partial charge < -0.3 is 10.6 Å². The highest BCUT2D eigenvalue weighted by atomic mass is 32.1. The Kier molecular flexibility index (Phi) is 3.49. The molecule has 1 amide bonds. The van der Waals surface area contributed by atoms with Crippen molar-refractivity contribution in [2.45, 2.75) is 6.54 Å². The summed E-state index contributed by atoms with van der Waals surface area (Å²) in [5, 5.41) is 8.58. The molecule has 0 saturated heterocycles. The predicted octanol–water partition coefficient (Wildman–Crippen LogP) is 1.94. The molecule has 7 heteroatoms. The number of fused-ring (bicyclic) bond motifs is 1. The fourth-order valence-electron chi connectivity index (χ4n) is 2.04. The van der Waals surface area contributed by atoms with Crippen LogP contribution in [0.15, 0.2) is 36.8 Å². The van der Waals surface area contributed by atoms with E-state index in [-0.39, 0.29) is 5.91 Å². The fourth-order valence-corrected chi connectivity index (χ4v) is 3.07. The van der Waals surface area contributed by atoms with Crippen LogP contribution >= 0.6 is 11.3 Å². The Morgan fingerprint density at radius 1 is 1.29 bits per heavy atom. The lowest BCUT2D eigenvalue weighted by molar-refractivity contribution is 0.0791. The van der Waals surface area contributed by atoms with Crippen LogP contribution in [-0.4, -0.2) is 33.0 Å². The first-order valence-corrected chi connectivity index (χ1v) is 7.12. The van der Waals surface area contributed by atoms with Crippen molar-refractivity contribution >= 4 is 33.1 Å². The first-order chi connectivity index (χ1) is 10.2. The number of carbonyl (C=O) groups excluding carboxylic acids is 1. The van der Waals surface area contributed by atoms with E-state index in [4.69, 9.17) is 5.73 Å². The van der Waals surface area contributed by atoms with Crippen LogP contribution in [0.5, 0.6) is 0 Å². The van der Waals surface area contributed by atoms with Crippen LogP contribution in [0.25, 0.3) is 10.2 Å². The van der Waals surface area contributed by atoms with Gasteiger partial charge in [-0.2, -0.15) is 5.10 Å².